The summed E-state index contributed by atoms with van der Waals surface area (Å²) in [5.41, 5.74) is 2.02. The number of carboxylic acid groups (broad SMARTS) is 1. The molecule has 0 aliphatic carbocycles. The third-order valence-corrected chi connectivity index (χ3v) is 5.25. The minimum atomic E-state index is -0.717. The first kappa shape index (κ1) is 19.9. The first-order valence-corrected chi connectivity index (χ1v) is 9.25. The number of pyridine rings is 1. The van der Waals surface area contributed by atoms with Gasteiger partial charge in [-0.3, -0.25) is 14.7 Å². The molecule has 1 aliphatic heterocycles. The highest BCUT2D eigenvalue weighted by Crippen LogP contribution is 2.42. The molecule has 0 bridgehead atoms. The van der Waals surface area contributed by atoms with Gasteiger partial charge in [0.25, 0.3) is 0 Å². The average molecular weight is 386 g/mol. The quantitative estimate of drug-likeness (QED) is 0.783. The van der Waals surface area contributed by atoms with Crippen molar-refractivity contribution in [3.05, 3.63) is 47.8 Å². The number of ether oxygens (including phenoxy) is 3. The van der Waals surface area contributed by atoms with Gasteiger partial charge in [0.05, 0.1) is 33.3 Å². The van der Waals surface area contributed by atoms with E-state index in [2.05, 4.69) is 9.88 Å². The Bertz CT molecular complexity index is 779. The van der Waals surface area contributed by atoms with E-state index in [1.165, 1.54) is 0 Å². The summed E-state index contributed by atoms with van der Waals surface area (Å²) in [4.78, 5) is 17.9. The second-order valence-corrected chi connectivity index (χ2v) is 6.80. The molecule has 2 aromatic rings. The number of hydrogen-bond donors (Lipinski definition) is 1. The van der Waals surface area contributed by atoms with Gasteiger partial charge in [0.15, 0.2) is 11.5 Å². The van der Waals surface area contributed by atoms with Crippen LogP contribution in [0.4, 0.5) is 0 Å². The molecule has 1 saturated heterocycles. The van der Waals surface area contributed by atoms with E-state index in [0.717, 1.165) is 11.1 Å². The van der Waals surface area contributed by atoms with Gasteiger partial charge in [-0.1, -0.05) is 6.07 Å². The number of benzene rings is 1. The fraction of sp³-hybridized carbons (Fsp3) is 0.429. The van der Waals surface area contributed by atoms with E-state index in [4.69, 9.17) is 14.2 Å². The van der Waals surface area contributed by atoms with E-state index in [1.807, 2.05) is 30.5 Å². The van der Waals surface area contributed by atoms with Gasteiger partial charge in [-0.05, 0) is 55.3 Å². The normalized spacial score (nSPS) is 16.4. The number of nitrogens with zero attached hydrogens (tertiary/aromatic N) is 2. The molecule has 7 nitrogen and oxygen atoms in total. The maximum absolute atomic E-state index is 11.3. The lowest BCUT2D eigenvalue weighted by Crippen LogP contribution is -2.39. The van der Waals surface area contributed by atoms with Crippen LogP contribution in [-0.2, 0) is 4.79 Å². The fourth-order valence-electron chi connectivity index (χ4n) is 3.82. The van der Waals surface area contributed by atoms with Crippen molar-refractivity contribution in [1.29, 1.82) is 0 Å². The van der Waals surface area contributed by atoms with Gasteiger partial charge in [0.1, 0.15) is 0 Å². The molecule has 150 valence electrons. The Balaban J connectivity index is 2.02. The summed E-state index contributed by atoms with van der Waals surface area (Å²) in [6.45, 7) is 1.38. The van der Waals surface area contributed by atoms with Crippen LogP contribution in [0.1, 0.15) is 30.0 Å². The Morgan fingerprint density at radius 3 is 2.21 bits per heavy atom. The van der Waals surface area contributed by atoms with E-state index in [0.29, 0.717) is 43.2 Å². The molecule has 1 atom stereocenters. The molecule has 1 aliphatic rings. The number of hydrogen-bond acceptors (Lipinski definition) is 6. The Morgan fingerprint density at radius 1 is 1.11 bits per heavy atom. The van der Waals surface area contributed by atoms with Gasteiger partial charge in [0, 0.05) is 12.4 Å². The van der Waals surface area contributed by atoms with Crippen LogP contribution >= 0.6 is 0 Å². The topological polar surface area (TPSA) is 81.1 Å². The first-order chi connectivity index (χ1) is 13.6. The van der Waals surface area contributed by atoms with Gasteiger partial charge in [0.2, 0.25) is 5.75 Å². The van der Waals surface area contributed by atoms with Crippen LogP contribution in [0.3, 0.4) is 0 Å². The zero-order chi connectivity index (χ0) is 20.1. The van der Waals surface area contributed by atoms with Crippen LogP contribution in [0.15, 0.2) is 36.7 Å². The molecule has 1 fully saturated rings. The predicted molar refractivity (Wildman–Crippen MR) is 104 cm³/mol. The van der Waals surface area contributed by atoms with Crippen molar-refractivity contribution >= 4 is 5.97 Å². The average Bonchev–Trinajstić information content (AvgIpc) is 2.74. The molecule has 7 heteroatoms. The largest absolute Gasteiger partial charge is 0.493 e. The predicted octanol–water partition coefficient (Wildman–Crippen LogP) is 2.99. The Labute approximate surface area is 164 Å². The standard InChI is InChI=1S/C21H26N2O5/c1-26-17-11-16(12-18(27-2)20(17)28-3)19(15-5-4-8-22-13-15)23-9-6-14(7-10-23)21(24)25/h4-5,8,11-14,19H,6-7,9-10H2,1-3H3,(H,24,25). The first-order valence-electron chi connectivity index (χ1n) is 9.25. The van der Waals surface area contributed by atoms with Crippen LogP contribution in [0, 0.1) is 5.92 Å². The highest BCUT2D eigenvalue weighted by Gasteiger charge is 2.31. The number of aliphatic carboxylic acids is 1. The molecule has 0 radical (unpaired) electrons. The van der Waals surface area contributed by atoms with E-state index in [9.17, 15) is 9.90 Å². The molecular formula is C21H26N2O5. The van der Waals surface area contributed by atoms with Crippen molar-refractivity contribution in [2.45, 2.75) is 18.9 Å². The number of rotatable bonds is 7. The van der Waals surface area contributed by atoms with Crippen molar-refractivity contribution in [2.75, 3.05) is 34.4 Å². The third kappa shape index (κ3) is 4.04. The number of carbonyl (C=O) groups is 1. The minimum absolute atomic E-state index is 0.0860. The molecule has 0 saturated carbocycles. The van der Waals surface area contributed by atoms with Crippen LogP contribution in [0.5, 0.6) is 17.2 Å². The summed E-state index contributed by atoms with van der Waals surface area (Å²) in [5.74, 6) is 0.719. The van der Waals surface area contributed by atoms with Crippen LogP contribution in [0.25, 0.3) is 0 Å². The molecule has 1 N–H and O–H groups in total. The summed E-state index contributed by atoms with van der Waals surface area (Å²) in [6.07, 6.45) is 4.83. The summed E-state index contributed by atoms with van der Waals surface area (Å²) >= 11 is 0. The minimum Gasteiger partial charge on any atom is -0.493 e. The zero-order valence-electron chi connectivity index (χ0n) is 16.4. The number of piperidine rings is 1. The van der Waals surface area contributed by atoms with E-state index in [-0.39, 0.29) is 12.0 Å². The van der Waals surface area contributed by atoms with Crippen molar-refractivity contribution in [3.63, 3.8) is 0 Å². The molecule has 28 heavy (non-hydrogen) atoms. The van der Waals surface area contributed by atoms with E-state index >= 15 is 0 Å². The highest BCUT2D eigenvalue weighted by atomic mass is 16.5. The summed E-state index contributed by atoms with van der Waals surface area (Å²) in [6, 6.07) is 7.75. The summed E-state index contributed by atoms with van der Waals surface area (Å²) in [5, 5.41) is 9.32. The van der Waals surface area contributed by atoms with Crippen LogP contribution in [0.2, 0.25) is 0 Å². The van der Waals surface area contributed by atoms with Crippen molar-refractivity contribution in [2.24, 2.45) is 5.92 Å². The molecule has 0 amide bonds. The Morgan fingerprint density at radius 2 is 1.75 bits per heavy atom. The molecule has 1 aromatic carbocycles. The van der Waals surface area contributed by atoms with Crippen molar-refractivity contribution < 1.29 is 24.1 Å². The van der Waals surface area contributed by atoms with Gasteiger partial charge >= 0.3 is 5.97 Å². The summed E-state index contributed by atoms with van der Waals surface area (Å²) < 4.78 is 16.5. The lowest BCUT2D eigenvalue weighted by Gasteiger charge is -2.37. The monoisotopic (exact) mass is 386 g/mol. The van der Waals surface area contributed by atoms with Gasteiger partial charge in [-0.2, -0.15) is 0 Å². The number of carboxylic acids is 1. The van der Waals surface area contributed by atoms with Gasteiger partial charge in [-0.25, -0.2) is 0 Å². The SMILES string of the molecule is COc1cc(C(c2cccnc2)N2CCC(C(=O)O)CC2)cc(OC)c1OC. The Hall–Kier alpha value is -2.80. The second kappa shape index (κ2) is 8.93. The van der Waals surface area contributed by atoms with Gasteiger partial charge in [-0.15, -0.1) is 0 Å². The molecule has 2 heterocycles. The molecule has 3 rings (SSSR count). The maximum atomic E-state index is 11.3. The molecule has 1 aromatic heterocycles. The number of likely N-dealkylation sites (tertiary alicyclic amines) is 1. The van der Waals surface area contributed by atoms with Crippen molar-refractivity contribution in [1.82, 2.24) is 9.88 Å². The number of aromatic nitrogens is 1. The highest BCUT2D eigenvalue weighted by molar-refractivity contribution is 5.70. The molecular weight excluding hydrogens is 360 g/mol. The molecule has 0 spiro atoms. The maximum Gasteiger partial charge on any atom is 0.306 e. The lowest BCUT2D eigenvalue weighted by molar-refractivity contribution is -0.143. The van der Waals surface area contributed by atoms with E-state index < -0.39 is 5.97 Å². The third-order valence-electron chi connectivity index (χ3n) is 5.25. The van der Waals surface area contributed by atoms with Crippen LogP contribution < -0.4 is 14.2 Å². The van der Waals surface area contributed by atoms with Gasteiger partial charge < -0.3 is 19.3 Å². The number of methoxy groups -OCH3 is 3. The summed E-state index contributed by atoms with van der Waals surface area (Å²) in [7, 11) is 4.77. The van der Waals surface area contributed by atoms with Crippen LogP contribution in [-0.4, -0.2) is 55.4 Å². The smallest absolute Gasteiger partial charge is 0.306 e. The van der Waals surface area contributed by atoms with Crippen molar-refractivity contribution in [3.8, 4) is 17.2 Å². The molecule has 1 unspecified atom stereocenters. The Kier molecular flexibility index (Phi) is 6.36. The second-order valence-electron chi connectivity index (χ2n) is 6.80. The lowest BCUT2D eigenvalue weighted by atomic mass is 9.91. The zero-order valence-corrected chi connectivity index (χ0v) is 16.4. The van der Waals surface area contributed by atoms with E-state index in [1.54, 1.807) is 27.5 Å². The fourth-order valence-corrected chi connectivity index (χ4v) is 3.82.